The van der Waals surface area contributed by atoms with Gasteiger partial charge in [0.25, 0.3) is 0 Å². The number of carbonyl (C=O) groups excluding carboxylic acids is 1. The largest absolute Gasteiger partial charge is 0.381 e. The van der Waals surface area contributed by atoms with Crippen LogP contribution in [0.15, 0.2) is 24.3 Å². The van der Waals surface area contributed by atoms with E-state index in [0.717, 1.165) is 19.3 Å². The fraction of sp³-hybridized carbons (Fsp3) is 0.462. The molecular weight excluding hydrogens is 200 g/mol. The van der Waals surface area contributed by atoms with Crippen LogP contribution < -0.4 is 10.6 Å². The number of amides is 1. The molecule has 3 nitrogen and oxygen atoms in total. The lowest BCUT2D eigenvalue weighted by Gasteiger charge is -2.10. The molecule has 1 aliphatic heterocycles. The Hall–Kier alpha value is -1.51. The molecule has 1 unspecified atom stereocenters. The van der Waals surface area contributed by atoms with E-state index < -0.39 is 0 Å². The molecule has 1 amide bonds. The molecule has 1 heterocycles. The van der Waals surface area contributed by atoms with Gasteiger partial charge in [0.15, 0.2) is 0 Å². The van der Waals surface area contributed by atoms with Crippen molar-refractivity contribution in [3.63, 3.8) is 0 Å². The Balaban J connectivity index is 1.57. The molecule has 1 aliphatic carbocycles. The van der Waals surface area contributed by atoms with Crippen molar-refractivity contribution < 1.29 is 4.79 Å². The second-order valence-corrected chi connectivity index (χ2v) is 4.75. The van der Waals surface area contributed by atoms with Crippen molar-refractivity contribution in [1.82, 2.24) is 5.32 Å². The van der Waals surface area contributed by atoms with Crippen LogP contribution >= 0.6 is 0 Å². The molecule has 0 aromatic heterocycles. The summed E-state index contributed by atoms with van der Waals surface area (Å²) in [5, 5.41) is 6.43. The predicted molar refractivity (Wildman–Crippen MR) is 63.3 cm³/mol. The first-order valence-corrected chi connectivity index (χ1v) is 5.95. The minimum absolute atomic E-state index is 0.188. The van der Waals surface area contributed by atoms with Gasteiger partial charge in [0, 0.05) is 24.2 Å². The van der Waals surface area contributed by atoms with Gasteiger partial charge in [-0.3, -0.25) is 4.79 Å². The fourth-order valence-corrected chi connectivity index (χ4v) is 2.24. The van der Waals surface area contributed by atoms with Crippen molar-refractivity contribution in [3.05, 3.63) is 29.8 Å². The zero-order valence-electron chi connectivity index (χ0n) is 9.20. The molecule has 84 valence electrons. The monoisotopic (exact) mass is 216 g/mol. The minimum atomic E-state index is 0.188. The highest BCUT2D eigenvalue weighted by Crippen LogP contribution is 2.26. The number of anilines is 1. The Labute approximate surface area is 95.2 Å². The molecule has 0 spiro atoms. The third-order valence-corrected chi connectivity index (χ3v) is 3.22. The summed E-state index contributed by atoms with van der Waals surface area (Å²) >= 11 is 0. The zero-order chi connectivity index (χ0) is 11.0. The second-order valence-electron chi connectivity index (χ2n) is 4.75. The summed E-state index contributed by atoms with van der Waals surface area (Å²) in [6.45, 7) is 0. The van der Waals surface area contributed by atoms with E-state index in [-0.39, 0.29) is 11.9 Å². The highest BCUT2D eigenvalue weighted by atomic mass is 16.1. The fourth-order valence-electron chi connectivity index (χ4n) is 2.24. The van der Waals surface area contributed by atoms with E-state index in [0.29, 0.717) is 12.5 Å². The first-order chi connectivity index (χ1) is 7.81. The molecular formula is C13H16N2O. The third-order valence-electron chi connectivity index (χ3n) is 3.22. The van der Waals surface area contributed by atoms with Gasteiger partial charge >= 0.3 is 0 Å². The Morgan fingerprint density at radius 2 is 2.19 bits per heavy atom. The Kier molecular flexibility index (Phi) is 2.31. The van der Waals surface area contributed by atoms with E-state index in [2.05, 4.69) is 22.8 Å². The number of hydrogen-bond acceptors (Lipinski definition) is 2. The average Bonchev–Trinajstić information content (AvgIpc) is 2.97. The molecule has 0 saturated heterocycles. The van der Waals surface area contributed by atoms with E-state index in [1.54, 1.807) is 0 Å². The number of nitrogens with one attached hydrogen (secondary N) is 2. The molecule has 1 saturated carbocycles. The predicted octanol–water partition coefficient (Wildman–Crippen LogP) is 1.69. The van der Waals surface area contributed by atoms with Crippen molar-refractivity contribution in [3.8, 4) is 0 Å². The van der Waals surface area contributed by atoms with E-state index >= 15 is 0 Å². The lowest BCUT2D eigenvalue weighted by Crippen LogP contribution is -2.31. The Morgan fingerprint density at radius 3 is 2.94 bits per heavy atom. The van der Waals surface area contributed by atoms with Gasteiger partial charge in [-0.2, -0.15) is 0 Å². The van der Waals surface area contributed by atoms with Gasteiger partial charge < -0.3 is 10.6 Å². The van der Waals surface area contributed by atoms with Gasteiger partial charge in [-0.1, -0.05) is 18.2 Å². The molecule has 1 aromatic carbocycles. The highest BCUT2D eigenvalue weighted by molar-refractivity contribution is 5.78. The van der Waals surface area contributed by atoms with Gasteiger partial charge in [0.1, 0.15) is 0 Å². The molecule has 2 N–H and O–H groups in total. The van der Waals surface area contributed by atoms with Crippen molar-refractivity contribution in [2.45, 2.75) is 37.8 Å². The molecule has 1 aromatic rings. The van der Waals surface area contributed by atoms with E-state index in [1.165, 1.54) is 11.3 Å². The van der Waals surface area contributed by atoms with Gasteiger partial charge in [-0.05, 0) is 30.9 Å². The first-order valence-electron chi connectivity index (χ1n) is 5.95. The number of carbonyl (C=O) groups is 1. The van der Waals surface area contributed by atoms with Crippen LogP contribution in [-0.2, 0) is 11.2 Å². The van der Waals surface area contributed by atoms with Crippen LogP contribution in [0.2, 0.25) is 0 Å². The van der Waals surface area contributed by atoms with Crippen LogP contribution in [0.1, 0.15) is 24.8 Å². The van der Waals surface area contributed by atoms with Crippen molar-refractivity contribution in [1.29, 1.82) is 0 Å². The molecule has 0 radical (unpaired) electrons. The van der Waals surface area contributed by atoms with Crippen LogP contribution in [0.3, 0.4) is 0 Å². The summed E-state index contributed by atoms with van der Waals surface area (Å²) < 4.78 is 0. The second kappa shape index (κ2) is 3.81. The van der Waals surface area contributed by atoms with E-state index in [1.807, 2.05) is 12.1 Å². The maximum Gasteiger partial charge on any atom is 0.222 e. The van der Waals surface area contributed by atoms with Gasteiger partial charge in [0.05, 0.1) is 0 Å². The Bertz CT molecular complexity index is 387. The normalized spacial score (nSPS) is 22.4. The van der Waals surface area contributed by atoms with Crippen LogP contribution in [0.25, 0.3) is 0 Å². The summed E-state index contributed by atoms with van der Waals surface area (Å²) in [6.07, 6.45) is 3.87. The first kappa shape index (κ1) is 9.70. The maximum atomic E-state index is 11.6. The van der Waals surface area contributed by atoms with Crippen molar-refractivity contribution >= 4 is 11.6 Å². The van der Waals surface area contributed by atoms with Gasteiger partial charge in [-0.15, -0.1) is 0 Å². The van der Waals surface area contributed by atoms with Crippen molar-refractivity contribution in [2.75, 3.05) is 5.32 Å². The number of hydrogen-bond donors (Lipinski definition) is 2. The van der Waals surface area contributed by atoms with E-state index in [4.69, 9.17) is 0 Å². The number of para-hydroxylation sites is 1. The standard InChI is InChI=1S/C13H16N2O/c16-13(15-10-5-6-10)8-11-7-9-3-1-2-4-12(9)14-11/h1-4,10-11,14H,5-8H2,(H,15,16). The molecule has 1 fully saturated rings. The summed E-state index contributed by atoms with van der Waals surface area (Å²) in [5.41, 5.74) is 2.51. The Morgan fingerprint density at radius 1 is 1.38 bits per heavy atom. The summed E-state index contributed by atoms with van der Waals surface area (Å²) in [5.74, 6) is 0.188. The topological polar surface area (TPSA) is 41.1 Å². The summed E-state index contributed by atoms with van der Waals surface area (Å²) in [6, 6.07) is 9.02. The van der Waals surface area contributed by atoms with Gasteiger partial charge in [-0.25, -0.2) is 0 Å². The quantitative estimate of drug-likeness (QED) is 0.807. The number of fused-ring (bicyclic) bond motifs is 1. The molecule has 3 heteroatoms. The SMILES string of the molecule is O=C(CC1Cc2ccccc2N1)NC1CC1. The van der Waals surface area contributed by atoms with Crippen LogP contribution in [0.4, 0.5) is 5.69 Å². The smallest absolute Gasteiger partial charge is 0.222 e. The molecule has 1 atom stereocenters. The molecule has 3 rings (SSSR count). The molecule has 0 bridgehead atoms. The van der Waals surface area contributed by atoms with Crippen LogP contribution in [-0.4, -0.2) is 18.0 Å². The third kappa shape index (κ3) is 2.03. The highest BCUT2D eigenvalue weighted by Gasteiger charge is 2.26. The van der Waals surface area contributed by atoms with Crippen LogP contribution in [0, 0.1) is 0 Å². The van der Waals surface area contributed by atoms with Gasteiger partial charge in [0.2, 0.25) is 5.91 Å². The maximum absolute atomic E-state index is 11.6. The lowest BCUT2D eigenvalue weighted by atomic mass is 10.1. The molecule has 16 heavy (non-hydrogen) atoms. The van der Waals surface area contributed by atoms with Crippen molar-refractivity contribution in [2.24, 2.45) is 0 Å². The average molecular weight is 216 g/mol. The van der Waals surface area contributed by atoms with Crippen LogP contribution in [0.5, 0.6) is 0 Å². The number of rotatable bonds is 3. The summed E-state index contributed by atoms with van der Waals surface area (Å²) in [4.78, 5) is 11.6. The minimum Gasteiger partial charge on any atom is -0.381 e. The lowest BCUT2D eigenvalue weighted by molar-refractivity contribution is -0.121. The zero-order valence-corrected chi connectivity index (χ0v) is 9.20. The summed E-state index contributed by atoms with van der Waals surface area (Å²) in [7, 11) is 0. The number of benzene rings is 1. The molecule has 2 aliphatic rings. The van der Waals surface area contributed by atoms with E-state index in [9.17, 15) is 4.79 Å².